The molecule has 11 nitrogen and oxygen atoms in total. The quantitative estimate of drug-likeness (QED) is 0.245. The number of amides is 3. The van der Waals surface area contributed by atoms with Crippen molar-refractivity contribution in [3.05, 3.63) is 0 Å². The minimum absolute atomic E-state index is 0.295. The van der Waals surface area contributed by atoms with Crippen LogP contribution in [-0.2, 0) is 24.0 Å². The summed E-state index contributed by atoms with van der Waals surface area (Å²) in [5.74, 6) is -5.36. The molecule has 3 amide bonds. The van der Waals surface area contributed by atoms with E-state index in [-0.39, 0.29) is 6.54 Å². The van der Waals surface area contributed by atoms with Gasteiger partial charge in [0.05, 0.1) is 19.5 Å². The third kappa shape index (κ3) is 8.08. The molecule has 0 aromatic heterocycles. The molecule has 0 saturated carbocycles. The van der Waals surface area contributed by atoms with Crippen molar-refractivity contribution in [1.29, 1.82) is 0 Å². The molecule has 0 saturated heterocycles. The van der Waals surface area contributed by atoms with Crippen LogP contribution in [0.4, 0.5) is 0 Å². The van der Waals surface area contributed by atoms with Crippen LogP contribution < -0.4 is 21.7 Å². The topological polar surface area (TPSA) is 188 Å². The maximum Gasteiger partial charge on any atom is 0.326 e. The summed E-state index contributed by atoms with van der Waals surface area (Å²) in [6, 6.07) is -2.71. The van der Waals surface area contributed by atoms with Gasteiger partial charge in [-0.2, -0.15) is 0 Å². The monoisotopic (exact) mass is 346 g/mol. The van der Waals surface area contributed by atoms with Crippen molar-refractivity contribution in [2.24, 2.45) is 11.7 Å². The third-order valence-electron chi connectivity index (χ3n) is 2.89. The molecule has 0 heterocycles. The Bertz CT molecular complexity index is 507. The Morgan fingerprint density at radius 3 is 2.00 bits per heavy atom. The Kier molecular flexibility index (Phi) is 9.02. The summed E-state index contributed by atoms with van der Waals surface area (Å²) < 4.78 is 0. The maximum absolute atomic E-state index is 12.1. The number of carboxylic acids is 2. The molecule has 7 N–H and O–H groups in total. The van der Waals surface area contributed by atoms with Crippen LogP contribution in [0.15, 0.2) is 0 Å². The Labute approximate surface area is 138 Å². The number of nitrogens with one attached hydrogen (secondary N) is 3. The minimum atomic E-state index is -1.62. The number of aliphatic carboxylic acids is 2. The summed E-state index contributed by atoms with van der Waals surface area (Å²) in [6.45, 7) is 2.52. The lowest BCUT2D eigenvalue weighted by atomic mass is 10.0. The molecule has 0 spiro atoms. The molecule has 11 heteroatoms. The zero-order valence-electron chi connectivity index (χ0n) is 13.4. The highest BCUT2D eigenvalue weighted by Gasteiger charge is 2.29. The zero-order chi connectivity index (χ0) is 18.9. The van der Waals surface area contributed by atoms with Gasteiger partial charge in [0, 0.05) is 0 Å². The van der Waals surface area contributed by atoms with E-state index >= 15 is 0 Å². The van der Waals surface area contributed by atoms with Crippen LogP contribution in [0.2, 0.25) is 0 Å². The van der Waals surface area contributed by atoms with E-state index in [1.807, 2.05) is 0 Å². The summed E-state index contributed by atoms with van der Waals surface area (Å²) >= 11 is 0. The molecule has 0 aliphatic heterocycles. The number of hydrogen-bond acceptors (Lipinski definition) is 6. The van der Waals surface area contributed by atoms with Gasteiger partial charge in [0.25, 0.3) is 0 Å². The highest BCUT2D eigenvalue weighted by molar-refractivity contribution is 5.93. The Morgan fingerprint density at radius 1 is 1.00 bits per heavy atom. The summed E-state index contributed by atoms with van der Waals surface area (Å²) in [6.07, 6.45) is -0.799. The molecule has 2 unspecified atom stereocenters. The molecule has 0 aromatic rings. The zero-order valence-corrected chi connectivity index (χ0v) is 13.4. The van der Waals surface area contributed by atoms with Crippen LogP contribution in [0.5, 0.6) is 0 Å². The summed E-state index contributed by atoms with van der Waals surface area (Å²) in [5, 5.41) is 24.2. The van der Waals surface area contributed by atoms with Gasteiger partial charge in [-0.3, -0.25) is 19.2 Å². The first-order chi connectivity index (χ1) is 11.1. The molecule has 24 heavy (non-hydrogen) atoms. The predicted octanol–water partition coefficient (Wildman–Crippen LogP) is -2.75. The van der Waals surface area contributed by atoms with Gasteiger partial charge < -0.3 is 31.9 Å². The van der Waals surface area contributed by atoms with Gasteiger partial charge in [-0.25, -0.2) is 4.79 Å². The van der Waals surface area contributed by atoms with E-state index in [9.17, 15) is 24.0 Å². The van der Waals surface area contributed by atoms with Gasteiger partial charge >= 0.3 is 11.9 Å². The second-order valence-corrected chi connectivity index (χ2v) is 5.27. The molecule has 0 aromatic carbocycles. The molecule has 0 radical (unpaired) electrons. The molecule has 0 aliphatic carbocycles. The fourth-order valence-corrected chi connectivity index (χ4v) is 1.65. The number of rotatable bonds is 10. The highest BCUT2D eigenvalue weighted by atomic mass is 16.4. The van der Waals surface area contributed by atoms with Gasteiger partial charge in [0.15, 0.2) is 0 Å². The van der Waals surface area contributed by atoms with E-state index in [0.29, 0.717) is 0 Å². The van der Waals surface area contributed by atoms with Gasteiger partial charge in [0.2, 0.25) is 17.7 Å². The first-order valence-corrected chi connectivity index (χ1v) is 7.09. The number of hydrogen-bond donors (Lipinski definition) is 6. The molecule has 0 bridgehead atoms. The van der Waals surface area contributed by atoms with Crippen molar-refractivity contribution >= 4 is 29.7 Å². The van der Waals surface area contributed by atoms with Crippen molar-refractivity contribution in [2.45, 2.75) is 32.4 Å². The highest BCUT2D eigenvalue weighted by Crippen LogP contribution is 2.03. The fourth-order valence-electron chi connectivity index (χ4n) is 1.65. The number of carboxylic acid groups (broad SMARTS) is 2. The van der Waals surface area contributed by atoms with Crippen LogP contribution in [0.25, 0.3) is 0 Å². The number of carbonyl (C=O) groups excluding carboxylic acids is 3. The molecule has 136 valence electrons. The van der Waals surface area contributed by atoms with E-state index in [4.69, 9.17) is 15.9 Å². The molecule has 2 atom stereocenters. The normalized spacial score (nSPS) is 12.8. The Morgan fingerprint density at radius 2 is 1.58 bits per heavy atom. The average molecular weight is 346 g/mol. The van der Waals surface area contributed by atoms with Crippen LogP contribution >= 0.6 is 0 Å². The minimum Gasteiger partial charge on any atom is -0.481 e. The Hall–Kier alpha value is -2.69. The summed E-state index contributed by atoms with van der Waals surface area (Å²) in [4.78, 5) is 56.4. The molecule has 0 fully saturated rings. The second-order valence-electron chi connectivity index (χ2n) is 5.27. The first-order valence-electron chi connectivity index (χ1n) is 7.09. The molecule has 0 aliphatic rings. The fraction of sp³-hybridized carbons (Fsp3) is 0.615. The average Bonchev–Trinajstić information content (AvgIpc) is 2.48. The summed E-state index contributed by atoms with van der Waals surface area (Å²) in [5.41, 5.74) is 5.07. The standard InChI is InChI=1S/C13H22N4O7/c1-6(2)11(17-9(19)5-15-8(18)4-14)12(22)16-7(13(23)24)3-10(20)21/h6-7,11H,3-5,14H2,1-2H3,(H,15,18)(H,16,22)(H,17,19)(H,20,21)(H,23,24). The predicted molar refractivity (Wildman–Crippen MR) is 80.7 cm³/mol. The van der Waals surface area contributed by atoms with E-state index in [0.717, 1.165) is 0 Å². The van der Waals surface area contributed by atoms with Gasteiger partial charge in [-0.1, -0.05) is 13.8 Å². The first kappa shape index (κ1) is 21.3. The SMILES string of the molecule is CC(C)C(NC(=O)CNC(=O)CN)C(=O)NC(CC(=O)O)C(=O)O. The largest absolute Gasteiger partial charge is 0.481 e. The Balaban J connectivity index is 4.82. The van der Waals surface area contributed by atoms with Crippen molar-refractivity contribution in [3.8, 4) is 0 Å². The van der Waals surface area contributed by atoms with Crippen LogP contribution in [-0.4, -0.2) is 65.0 Å². The number of carbonyl (C=O) groups is 5. The van der Waals surface area contributed by atoms with E-state index in [2.05, 4.69) is 16.0 Å². The van der Waals surface area contributed by atoms with Crippen LogP contribution in [0, 0.1) is 5.92 Å². The molecule has 0 rings (SSSR count). The van der Waals surface area contributed by atoms with Crippen molar-refractivity contribution in [1.82, 2.24) is 16.0 Å². The summed E-state index contributed by atoms with van der Waals surface area (Å²) in [7, 11) is 0. The third-order valence-corrected chi connectivity index (χ3v) is 2.89. The van der Waals surface area contributed by atoms with Crippen LogP contribution in [0.3, 0.4) is 0 Å². The van der Waals surface area contributed by atoms with Crippen molar-refractivity contribution < 1.29 is 34.2 Å². The second kappa shape index (κ2) is 10.2. The lowest BCUT2D eigenvalue weighted by molar-refractivity contribution is -0.147. The van der Waals surface area contributed by atoms with Gasteiger partial charge in [-0.05, 0) is 5.92 Å². The van der Waals surface area contributed by atoms with Gasteiger partial charge in [0.1, 0.15) is 12.1 Å². The molecular weight excluding hydrogens is 324 g/mol. The maximum atomic E-state index is 12.1. The van der Waals surface area contributed by atoms with Crippen molar-refractivity contribution in [3.63, 3.8) is 0 Å². The van der Waals surface area contributed by atoms with E-state index in [1.54, 1.807) is 13.8 Å². The van der Waals surface area contributed by atoms with Crippen LogP contribution in [0.1, 0.15) is 20.3 Å². The van der Waals surface area contributed by atoms with E-state index < -0.39 is 60.6 Å². The van der Waals surface area contributed by atoms with E-state index in [1.165, 1.54) is 0 Å². The lowest BCUT2D eigenvalue weighted by Gasteiger charge is -2.23. The number of nitrogens with two attached hydrogens (primary N) is 1. The van der Waals surface area contributed by atoms with Crippen molar-refractivity contribution in [2.75, 3.05) is 13.1 Å². The smallest absolute Gasteiger partial charge is 0.326 e. The lowest BCUT2D eigenvalue weighted by Crippen LogP contribution is -2.55. The van der Waals surface area contributed by atoms with Gasteiger partial charge in [-0.15, -0.1) is 0 Å². The molecular formula is C13H22N4O7.